The van der Waals surface area contributed by atoms with Gasteiger partial charge in [0.1, 0.15) is 5.82 Å². The highest BCUT2D eigenvalue weighted by molar-refractivity contribution is 5.68. The Labute approximate surface area is 76.8 Å². The molecule has 13 heavy (non-hydrogen) atoms. The molecule has 4 nitrogen and oxygen atoms in total. The minimum absolute atomic E-state index is 0.278. The lowest BCUT2D eigenvalue weighted by Crippen LogP contribution is -2.06. The van der Waals surface area contributed by atoms with Gasteiger partial charge in [-0.05, 0) is 12.8 Å². The summed E-state index contributed by atoms with van der Waals surface area (Å²) in [6.07, 6.45) is 6.89. The maximum Gasteiger partial charge on any atom is 0.214 e. The second-order valence-electron chi connectivity index (χ2n) is 3.53. The van der Waals surface area contributed by atoms with Gasteiger partial charge in [0, 0.05) is 5.92 Å². The number of nitrogens with one attached hydrogen (secondary N) is 1. The molecule has 0 spiro atoms. The first-order chi connectivity index (χ1) is 6.40. The molecule has 1 aliphatic carbocycles. The topological polar surface area (TPSA) is 58.6 Å². The van der Waals surface area contributed by atoms with Crippen molar-refractivity contribution in [2.45, 2.75) is 38.0 Å². The fourth-order valence-corrected chi connectivity index (χ4v) is 1.90. The number of H-pyrrole nitrogens is 1. The quantitative estimate of drug-likeness (QED) is 0.702. The van der Waals surface area contributed by atoms with Crippen molar-refractivity contribution in [2.75, 3.05) is 0 Å². The van der Waals surface area contributed by atoms with Gasteiger partial charge in [0.05, 0.1) is 0 Å². The van der Waals surface area contributed by atoms with Crippen LogP contribution >= 0.6 is 0 Å². The largest absolute Gasteiger partial charge is 0.294 e. The number of carbonyl (C=O) groups excluding carboxylic acids is 1. The van der Waals surface area contributed by atoms with Crippen LogP contribution in [0.5, 0.6) is 0 Å². The van der Waals surface area contributed by atoms with Crippen LogP contribution in [0.3, 0.4) is 0 Å². The van der Waals surface area contributed by atoms with Crippen molar-refractivity contribution in [1.29, 1.82) is 0 Å². The van der Waals surface area contributed by atoms with Gasteiger partial charge in [-0.25, -0.2) is 4.98 Å². The molecule has 1 N–H and O–H groups in total. The van der Waals surface area contributed by atoms with E-state index in [1.165, 1.54) is 32.1 Å². The first-order valence-electron chi connectivity index (χ1n) is 4.77. The highest BCUT2D eigenvalue weighted by Crippen LogP contribution is 2.30. The third kappa shape index (κ3) is 1.76. The summed E-state index contributed by atoms with van der Waals surface area (Å²) in [6, 6.07) is 0. The van der Waals surface area contributed by atoms with E-state index in [0.29, 0.717) is 12.2 Å². The zero-order valence-corrected chi connectivity index (χ0v) is 7.49. The zero-order chi connectivity index (χ0) is 9.10. The van der Waals surface area contributed by atoms with Crippen molar-refractivity contribution >= 4 is 6.29 Å². The van der Waals surface area contributed by atoms with Crippen LogP contribution in [0.25, 0.3) is 0 Å². The normalized spacial score (nSPS) is 18.8. The summed E-state index contributed by atoms with van der Waals surface area (Å²) in [7, 11) is 0. The molecule has 0 atom stereocenters. The molecule has 0 amide bonds. The molecule has 2 rings (SSSR count). The van der Waals surface area contributed by atoms with Crippen LogP contribution in [-0.2, 0) is 0 Å². The van der Waals surface area contributed by atoms with Gasteiger partial charge in [-0.2, -0.15) is 5.10 Å². The summed E-state index contributed by atoms with van der Waals surface area (Å²) in [5.74, 6) is 1.66. The fourth-order valence-electron chi connectivity index (χ4n) is 1.90. The molecule has 1 heterocycles. The van der Waals surface area contributed by atoms with Gasteiger partial charge in [-0.1, -0.05) is 19.3 Å². The summed E-state index contributed by atoms with van der Waals surface area (Å²) in [5, 5.41) is 6.64. The summed E-state index contributed by atoms with van der Waals surface area (Å²) in [5.41, 5.74) is 0. The van der Waals surface area contributed by atoms with Gasteiger partial charge in [-0.3, -0.25) is 9.89 Å². The van der Waals surface area contributed by atoms with E-state index in [0.717, 1.165) is 5.82 Å². The van der Waals surface area contributed by atoms with Crippen molar-refractivity contribution in [1.82, 2.24) is 15.2 Å². The average molecular weight is 179 g/mol. The summed E-state index contributed by atoms with van der Waals surface area (Å²) in [4.78, 5) is 14.5. The number of rotatable bonds is 2. The number of aromatic nitrogens is 3. The van der Waals surface area contributed by atoms with Crippen LogP contribution < -0.4 is 0 Å². The minimum atomic E-state index is 0.278. The molecule has 4 heteroatoms. The van der Waals surface area contributed by atoms with Gasteiger partial charge >= 0.3 is 0 Å². The van der Waals surface area contributed by atoms with E-state index < -0.39 is 0 Å². The molecule has 1 aromatic heterocycles. The molecule has 70 valence electrons. The van der Waals surface area contributed by atoms with E-state index in [-0.39, 0.29) is 5.82 Å². The lowest BCUT2D eigenvalue weighted by molar-refractivity contribution is 0.111. The SMILES string of the molecule is O=Cc1n[nH]c(C2CCCCC2)n1. The summed E-state index contributed by atoms with van der Waals surface area (Å²) in [6.45, 7) is 0. The van der Waals surface area contributed by atoms with Crippen LogP contribution in [0.15, 0.2) is 0 Å². The number of carbonyl (C=O) groups is 1. The second kappa shape index (κ2) is 3.68. The Morgan fingerprint density at radius 1 is 1.31 bits per heavy atom. The Morgan fingerprint density at radius 3 is 2.69 bits per heavy atom. The second-order valence-corrected chi connectivity index (χ2v) is 3.53. The Bertz CT molecular complexity index is 289. The highest BCUT2D eigenvalue weighted by atomic mass is 16.1. The van der Waals surface area contributed by atoms with Gasteiger partial charge in [0.15, 0.2) is 6.29 Å². The predicted molar refractivity (Wildman–Crippen MR) is 47.6 cm³/mol. The number of hydrogen-bond donors (Lipinski definition) is 1. The molecule has 0 aromatic carbocycles. The fraction of sp³-hybridized carbons (Fsp3) is 0.667. The molecular formula is C9H13N3O. The molecular weight excluding hydrogens is 166 g/mol. The maximum atomic E-state index is 10.4. The third-order valence-electron chi connectivity index (χ3n) is 2.62. The number of aromatic amines is 1. The van der Waals surface area contributed by atoms with Crippen LogP contribution in [-0.4, -0.2) is 21.5 Å². The predicted octanol–water partition coefficient (Wildman–Crippen LogP) is 1.66. The van der Waals surface area contributed by atoms with Crippen LogP contribution in [0.1, 0.15) is 54.5 Å². The third-order valence-corrected chi connectivity index (χ3v) is 2.62. The van der Waals surface area contributed by atoms with Crippen LogP contribution in [0.4, 0.5) is 0 Å². The van der Waals surface area contributed by atoms with Crippen molar-refractivity contribution in [3.63, 3.8) is 0 Å². The van der Waals surface area contributed by atoms with E-state index in [1.807, 2.05) is 0 Å². The lowest BCUT2D eigenvalue weighted by Gasteiger charge is -2.18. The van der Waals surface area contributed by atoms with Gasteiger partial charge < -0.3 is 0 Å². The number of aldehydes is 1. The molecule has 1 fully saturated rings. The summed E-state index contributed by atoms with van der Waals surface area (Å²) < 4.78 is 0. The standard InChI is InChI=1S/C9H13N3O/c13-6-8-10-9(12-11-8)7-4-2-1-3-5-7/h6-7H,1-5H2,(H,10,11,12). The Hall–Kier alpha value is -1.19. The molecule has 1 aliphatic rings. The van der Waals surface area contributed by atoms with Crippen molar-refractivity contribution in [3.8, 4) is 0 Å². The molecule has 0 saturated heterocycles. The molecule has 1 aromatic rings. The first kappa shape index (κ1) is 8.41. The van der Waals surface area contributed by atoms with E-state index in [9.17, 15) is 4.79 Å². The lowest BCUT2D eigenvalue weighted by atomic mass is 9.89. The molecule has 0 bridgehead atoms. The number of nitrogens with zero attached hydrogens (tertiary/aromatic N) is 2. The Morgan fingerprint density at radius 2 is 2.08 bits per heavy atom. The monoisotopic (exact) mass is 179 g/mol. The zero-order valence-electron chi connectivity index (χ0n) is 7.49. The molecule has 1 saturated carbocycles. The van der Waals surface area contributed by atoms with E-state index in [1.54, 1.807) is 0 Å². The molecule has 0 aliphatic heterocycles. The summed E-state index contributed by atoms with van der Waals surface area (Å²) >= 11 is 0. The van der Waals surface area contributed by atoms with Gasteiger partial charge in [0.25, 0.3) is 0 Å². The minimum Gasteiger partial charge on any atom is -0.294 e. The number of hydrogen-bond acceptors (Lipinski definition) is 3. The highest BCUT2D eigenvalue weighted by Gasteiger charge is 2.18. The molecule has 0 radical (unpaired) electrons. The average Bonchev–Trinajstić information content (AvgIpc) is 2.67. The van der Waals surface area contributed by atoms with E-state index >= 15 is 0 Å². The Kier molecular flexibility index (Phi) is 2.38. The van der Waals surface area contributed by atoms with E-state index in [4.69, 9.17) is 0 Å². The molecule has 0 unspecified atom stereocenters. The van der Waals surface area contributed by atoms with Crippen molar-refractivity contribution < 1.29 is 4.79 Å². The Balaban J connectivity index is 2.09. The maximum absolute atomic E-state index is 10.4. The van der Waals surface area contributed by atoms with Crippen LogP contribution in [0.2, 0.25) is 0 Å². The van der Waals surface area contributed by atoms with E-state index in [2.05, 4.69) is 15.2 Å². The van der Waals surface area contributed by atoms with Crippen molar-refractivity contribution in [2.24, 2.45) is 0 Å². The first-order valence-corrected chi connectivity index (χ1v) is 4.77. The van der Waals surface area contributed by atoms with Crippen molar-refractivity contribution in [3.05, 3.63) is 11.6 Å². The van der Waals surface area contributed by atoms with Gasteiger partial charge in [0.2, 0.25) is 5.82 Å². The van der Waals surface area contributed by atoms with Gasteiger partial charge in [-0.15, -0.1) is 0 Å². The van der Waals surface area contributed by atoms with Crippen LogP contribution in [0, 0.1) is 0 Å². The smallest absolute Gasteiger partial charge is 0.214 e.